The summed E-state index contributed by atoms with van der Waals surface area (Å²) in [4.78, 5) is 14.1. The van der Waals surface area contributed by atoms with E-state index in [9.17, 15) is 17.6 Å². The van der Waals surface area contributed by atoms with Crippen molar-refractivity contribution in [1.29, 1.82) is 0 Å². The Balaban J connectivity index is 1.41. The van der Waals surface area contributed by atoms with Gasteiger partial charge in [0.05, 0.1) is 10.6 Å². The van der Waals surface area contributed by atoms with Gasteiger partial charge in [0.2, 0.25) is 0 Å². The molecule has 1 amide bonds. The molecule has 1 saturated heterocycles. The zero-order chi connectivity index (χ0) is 25.2. The van der Waals surface area contributed by atoms with Crippen molar-refractivity contribution in [2.45, 2.75) is 75.5 Å². The number of nitrogens with zero attached hydrogens (tertiary/aromatic N) is 2. The maximum absolute atomic E-state index is 13.9. The van der Waals surface area contributed by atoms with E-state index in [4.69, 9.17) is 9.47 Å². The highest BCUT2D eigenvalue weighted by Gasteiger charge is 2.35. The molecule has 35 heavy (non-hydrogen) atoms. The van der Waals surface area contributed by atoms with Gasteiger partial charge < -0.3 is 14.4 Å². The summed E-state index contributed by atoms with van der Waals surface area (Å²) >= 11 is 0. The molecule has 2 fully saturated rings. The van der Waals surface area contributed by atoms with Crippen LogP contribution in [-0.4, -0.2) is 50.2 Å². The number of hydrogen-bond donors (Lipinski definition) is 0. The summed E-state index contributed by atoms with van der Waals surface area (Å²) in [5.41, 5.74) is -0.193. The second-order valence-electron chi connectivity index (χ2n) is 10.1. The number of rotatable bonds is 6. The summed E-state index contributed by atoms with van der Waals surface area (Å²) in [6.07, 6.45) is 3.38. The van der Waals surface area contributed by atoms with E-state index in [0.717, 1.165) is 19.3 Å². The van der Waals surface area contributed by atoms with Crippen LogP contribution in [0, 0.1) is 5.82 Å². The van der Waals surface area contributed by atoms with Gasteiger partial charge in [-0.25, -0.2) is 17.6 Å². The molecule has 1 saturated carbocycles. The van der Waals surface area contributed by atoms with Crippen molar-refractivity contribution in [1.82, 2.24) is 4.90 Å². The maximum Gasteiger partial charge on any atom is 0.410 e. The van der Waals surface area contributed by atoms with Gasteiger partial charge in [-0.05, 0) is 82.5 Å². The molecular formula is C26H33FN2O5S. The summed E-state index contributed by atoms with van der Waals surface area (Å²) in [5.74, 6) is 0.101. The Morgan fingerprint density at radius 1 is 1.03 bits per heavy atom. The van der Waals surface area contributed by atoms with Crippen molar-refractivity contribution in [3.05, 3.63) is 54.3 Å². The smallest absolute Gasteiger partial charge is 0.410 e. The molecule has 0 radical (unpaired) electrons. The van der Waals surface area contributed by atoms with E-state index in [1.807, 2.05) is 20.8 Å². The van der Waals surface area contributed by atoms with Crippen LogP contribution in [0.2, 0.25) is 0 Å². The number of hydrogen-bond acceptors (Lipinski definition) is 5. The van der Waals surface area contributed by atoms with Crippen LogP contribution in [0.5, 0.6) is 5.75 Å². The van der Waals surface area contributed by atoms with Gasteiger partial charge in [0.15, 0.2) is 0 Å². The average molecular weight is 505 g/mol. The van der Waals surface area contributed by atoms with Gasteiger partial charge in [-0.15, -0.1) is 0 Å². The van der Waals surface area contributed by atoms with Crippen molar-refractivity contribution in [2.75, 3.05) is 17.4 Å². The summed E-state index contributed by atoms with van der Waals surface area (Å²) in [5, 5.41) is 0. The maximum atomic E-state index is 13.9. The Bertz CT molecular complexity index is 1140. The predicted molar refractivity (Wildman–Crippen MR) is 132 cm³/mol. The third-order valence-electron chi connectivity index (χ3n) is 6.25. The van der Waals surface area contributed by atoms with Crippen LogP contribution in [0.3, 0.4) is 0 Å². The van der Waals surface area contributed by atoms with Crippen molar-refractivity contribution in [3.8, 4) is 5.75 Å². The van der Waals surface area contributed by atoms with E-state index >= 15 is 0 Å². The lowest BCUT2D eigenvalue weighted by Crippen LogP contribution is -2.44. The fourth-order valence-corrected chi connectivity index (χ4v) is 5.96. The van der Waals surface area contributed by atoms with E-state index in [1.165, 1.54) is 34.6 Å². The van der Waals surface area contributed by atoms with Crippen molar-refractivity contribution in [2.24, 2.45) is 0 Å². The largest absolute Gasteiger partial charge is 0.490 e. The molecule has 7 nitrogen and oxygen atoms in total. The molecule has 4 rings (SSSR count). The molecular weight excluding hydrogens is 471 g/mol. The van der Waals surface area contributed by atoms with Gasteiger partial charge in [0, 0.05) is 32.0 Å². The minimum Gasteiger partial charge on any atom is -0.490 e. The second-order valence-corrected chi connectivity index (χ2v) is 11.9. The number of carbonyl (C=O) groups excluding carboxylic acids is 1. The number of carbonyl (C=O) groups is 1. The molecule has 1 heterocycles. The molecule has 0 aromatic heterocycles. The molecule has 2 aromatic rings. The van der Waals surface area contributed by atoms with Crippen LogP contribution in [0.15, 0.2) is 53.4 Å². The van der Waals surface area contributed by atoms with Crippen LogP contribution >= 0.6 is 0 Å². The van der Waals surface area contributed by atoms with Crippen LogP contribution in [-0.2, 0) is 14.8 Å². The van der Waals surface area contributed by atoms with E-state index in [0.29, 0.717) is 37.4 Å². The molecule has 0 bridgehead atoms. The number of piperidine rings is 1. The SMILES string of the molecule is CC(C)(C)OC(=O)N1CCC(Oc2ccc(S(=O)(=O)N(c3cccc(F)c3)C3CCC3)cc2)CC1. The molecule has 0 N–H and O–H groups in total. The van der Waals surface area contributed by atoms with Crippen molar-refractivity contribution in [3.63, 3.8) is 0 Å². The second kappa shape index (κ2) is 10.0. The van der Waals surface area contributed by atoms with Gasteiger partial charge in [-0.1, -0.05) is 6.07 Å². The first kappa shape index (κ1) is 25.3. The monoisotopic (exact) mass is 504 g/mol. The zero-order valence-corrected chi connectivity index (χ0v) is 21.3. The number of likely N-dealkylation sites (tertiary alicyclic amines) is 1. The lowest BCUT2D eigenvalue weighted by molar-refractivity contribution is 0.0126. The summed E-state index contributed by atoms with van der Waals surface area (Å²) in [6, 6.07) is 11.9. The number of halogens is 1. The lowest BCUT2D eigenvalue weighted by Gasteiger charge is -2.38. The fourth-order valence-electron chi connectivity index (χ4n) is 4.26. The number of amides is 1. The van der Waals surface area contributed by atoms with E-state index < -0.39 is 21.4 Å². The molecule has 0 unspecified atom stereocenters. The third kappa shape index (κ3) is 6.07. The molecule has 1 aliphatic heterocycles. The van der Waals surface area contributed by atoms with E-state index in [2.05, 4.69) is 0 Å². The minimum absolute atomic E-state index is 0.0742. The van der Waals surface area contributed by atoms with Crippen molar-refractivity contribution >= 4 is 21.8 Å². The van der Waals surface area contributed by atoms with Crippen LogP contribution in [0.4, 0.5) is 14.9 Å². The standard InChI is InChI=1S/C26H33FN2O5S/c1-26(2,3)34-25(30)28-16-14-23(15-17-28)33-22-10-12-24(13-11-22)35(31,32)29(20-7-5-8-20)21-9-4-6-19(27)18-21/h4,6,9-13,18,20,23H,5,7-8,14-17H2,1-3H3. The van der Waals surface area contributed by atoms with Gasteiger partial charge in [-0.3, -0.25) is 4.31 Å². The Morgan fingerprint density at radius 3 is 2.23 bits per heavy atom. The minimum atomic E-state index is -3.86. The number of benzene rings is 2. The van der Waals surface area contributed by atoms with Crippen LogP contribution < -0.4 is 9.04 Å². The Kier molecular flexibility index (Phi) is 7.26. The highest BCUT2D eigenvalue weighted by Crippen LogP contribution is 2.35. The van der Waals surface area contributed by atoms with Gasteiger partial charge >= 0.3 is 6.09 Å². The van der Waals surface area contributed by atoms with Gasteiger partial charge in [0.1, 0.15) is 23.3 Å². The first-order valence-electron chi connectivity index (χ1n) is 12.1. The molecule has 1 aliphatic carbocycles. The molecule has 9 heteroatoms. The lowest BCUT2D eigenvalue weighted by atomic mass is 9.93. The normalized spacial score (nSPS) is 17.5. The molecule has 0 atom stereocenters. The highest BCUT2D eigenvalue weighted by atomic mass is 32.2. The highest BCUT2D eigenvalue weighted by molar-refractivity contribution is 7.92. The number of sulfonamides is 1. The van der Waals surface area contributed by atoms with Crippen LogP contribution in [0.25, 0.3) is 0 Å². The average Bonchev–Trinajstić information content (AvgIpc) is 2.75. The number of anilines is 1. The van der Waals surface area contributed by atoms with E-state index in [1.54, 1.807) is 23.1 Å². The van der Waals surface area contributed by atoms with Crippen molar-refractivity contribution < 1.29 is 27.1 Å². The molecule has 2 aliphatic rings. The zero-order valence-electron chi connectivity index (χ0n) is 20.4. The fraction of sp³-hybridized carbons (Fsp3) is 0.500. The first-order chi connectivity index (χ1) is 16.5. The number of ether oxygens (including phenoxy) is 2. The summed E-state index contributed by atoms with van der Waals surface area (Å²) in [6.45, 7) is 6.60. The Hall–Kier alpha value is -2.81. The first-order valence-corrected chi connectivity index (χ1v) is 13.5. The molecule has 2 aromatic carbocycles. The Morgan fingerprint density at radius 2 is 1.69 bits per heavy atom. The summed E-state index contributed by atoms with van der Waals surface area (Å²) in [7, 11) is -3.86. The quantitative estimate of drug-likeness (QED) is 0.530. The summed E-state index contributed by atoms with van der Waals surface area (Å²) < 4.78 is 53.7. The molecule has 190 valence electrons. The van der Waals surface area contributed by atoms with Gasteiger partial charge in [0.25, 0.3) is 10.0 Å². The van der Waals surface area contributed by atoms with Gasteiger partial charge in [-0.2, -0.15) is 0 Å². The Labute approximate surface area is 206 Å². The third-order valence-corrected chi connectivity index (χ3v) is 8.14. The molecule has 0 spiro atoms. The van der Waals surface area contributed by atoms with Crippen LogP contribution in [0.1, 0.15) is 52.9 Å². The van der Waals surface area contributed by atoms with E-state index in [-0.39, 0.29) is 23.1 Å². The predicted octanol–water partition coefficient (Wildman–Crippen LogP) is 5.35. The topological polar surface area (TPSA) is 76.1 Å².